The van der Waals surface area contributed by atoms with E-state index in [1.807, 2.05) is 0 Å². The van der Waals surface area contributed by atoms with Crippen LogP contribution >= 0.6 is 0 Å². The zero-order valence-corrected chi connectivity index (χ0v) is 11.7. The second-order valence-electron chi connectivity index (χ2n) is 5.44. The van der Waals surface area contributed by atoms with Gasteiger partial charge in [0.1, 0.15) is 5.75 Å². The van der Waals surface area contributed by atoms with Gasteiger partial charge in [0.2, 0.25) is 5.91 Å². The first-order valence-corrected chi connectivity index (χ1v) is 7.02. The average Bonchev–Trinajstić information content (AvgIpc) is 2.49. The van der Waals surface area contributed by atoms with Crippen LogP contribution < -0.4 is 5.73 Å². The van der Waals surface area contributed by atoms with Gasteiger partial charge in [-0.2, -0.15) is 0 Å². The van der Waals surface area contributed by atoms with Gasteiger partial charge in [0, 0.05) is 13.1 Å². The molecule has 2 rings (SSSR count). The number of amides is 1. The third-order valence-corrected chi connectivity index (χ3v) is 3.79. The first kappa shape index (κ1) is 15.3. The number of nitrogens with two attached hydrogens (primary N) is 1. The Morgan fingerprint density at radius 2 is 2.00 bits per heavy atom. The molecule has 21 heavy (non-hydrogen) atoms. The molecule has 2 atom stereocenters. The van der Waals surface area contributed by atoms with Crippen molar-refractivity contribution in [2.45, 2.75) is 25.3 Å². The number of phenols is 1. The summed E-state index contributed by atoms with van der Waals surface area (Å²) in [6, 6.07) is 5.85. The third-order valence-electron chi connectivity index (χ3n) is 3.79. The molecule has 4 N–H and O–H groups in total. The predicted octanol–water partition coefficient (Wildman–Crippen LogP) is 0.585. The minimum absolute atomic E-state index is 0.166. The van der Waals surface area contributed by atoms with Crippen molar-refractivity contribution in [1.82, 2.24) is 4.90 Å². The highest BCUT2D eigenvalue weighted by molar-refractivity contribution is 5.83. The number of carboxylic acids is 1. The minimum Gasteiger partial charge on any atom is -0.508 e. The summed E-state index contributed by atoms with van der Waals surface area (Å²) in [6.07, 6.45) is 1.66. The minimum atomic E-state index is -0.861. The van der Waals surface area contributed by atoms with Crippen molar-refractivity contribution in [3.8, 4) is 5.75 Å². The number of phenolic OH excluding ortho intramolecular Hbond substituents is 1. The van der Waals surface area contributed by atoms with E-state index in [4.69, 9.17) is 10.8 Å². The van der Waals surface area contributed by atoms with Crippen LogP contribution in [0.3, 0.4) is 0 Å². The molecule has 0 bridgehead atoms. The molecule has 1 saturated heterocycles. The second kappa shape index (κ2) is 6.58. The van der Waals surface area contributed by atoms with Crippen LogP contribution in [0, 0.1) is 5.92 Å². The molecule has 0 saturated carbocycles. The van der Waals surface area contributed by atoms with Crippen molar-refractivity contribution in [1.29, 1.82) is 0 Å². The number of likely N-dealkylation sites (tertiary alicyclic amines) is 1. The van der Waals surface area contributed by atoms with Gasteiger partial charge in [-0.05, 0) is 37.0 Å². The van der Waals surface area contributed by atoms with Gasteiger partial charge in [-0.1, -0.05) is 12.1 Å². The summed E-state index contributed by atoms with van der Waals surface area (Å²) in [5.41, 5.74) is 6.80. The summed E-state index contributed by atoms with van der Waals surface area (Å²) in [5, 5.41) is 18.3. The standard InChI is InChI=1S/C15H20N2O4/c16-13(8-10-3-5-12(18)6-4-10)14(19)17-7-1-2-11(9-17)15(20)21/h3-6,11,13,18H,1-2,7-9,16H2,(H,20,21)/t11?,13-/m1/s1. The number of aromatic hydroxyl groups is 1. The molecule has 0 aliphatic carbocycles. The Balaban J connectivity index is 1.95. The molecule has 1 unspecified atom stereocenters. The topological polar surface area (TPSA) is 104 Å². The smallest absolute Gasteiger partial charge is 0.308 e. The molecule has 114 valence electrons. The zero-order chi connectivity index (χ0) is 15.4. The fourth-order valence-corrected chi connectivity index (χ4v) is 2.59. The predicted molar refractivity (Wildman–Crippen MR) is 76.7 cm³/mol. The van der Waals surface area contributed by atoms with Crippen LogP contribution in [0.1, 0.15) is 18.4 Å². The van der Waals surface area contributed by atoms with Crippen molar-refractivity contribution in [2.24, 2.45) is 11.7 Å². The van der Waals surface area contributed by atoms with E-state index in [9.17, 15) is 14.7 Å². The lowest BCUT2D eigenvalue weighted by molar-refractivity contribution is -0.146. The zero-order valence-electron chi connectivity index (χ0n) is 11.7. The summed E-state index contributed by atoms with van der Waals surface area (Å²) in [5.74, 6) is -1.41. The highest BCUT2D eigenvalue weighted by Gasteiger charge is 2.30. The van der Waals surface area contributed by atoms with E-state index in [0.29, 0.717) is 25.8 Å². The van der Waals surface area contributed by atoms with Gasteiger partial charge in [-0.15, -0.1) is 0 Å². The summed E-state index contributed by atoms with van der Waals surface area (Å²) < 4.78 is 0. The van der Waals surface area contributed by atoms with Crippen molar-refractivity contribution in [3.05, 3.63) is 29.8 Å². The fourth-order valence-electron chi connectivity index (χ4n) is 2.59. The third kappa shape index (κ3) is 3.95. The van der Waals surface area contributed by atoms with Crippen LogP contribution in [-0.2, 0) is 16.0 Å². The van der Waals surface area contributed by atoms with Crippen LogP contribution in [0.2, 0.25) is 0 Å². The first-order chi connectivity index (χ1) is 9.97. The van der Waals surface area contributed by atoms with E-state index in [-0.39, 0.29) is 18.2 Å². The molecular formula is C15H20N2O4. The number of aliphatic carboxylic acids is 1. The summed E-state index contributed by atoms with van der Waals surface area (Å²) in [4.78, 5) is 24.9. The van der Waals surface area contributed by atoms with E-state index in [0.717, 1.165) is 5.56 Å². The number of carbonyl (C=O) groups is 2. The normalized spacial score (nSPS) is 20.0. The SMILES string of the molecule is N[C@H](Cc1ccc(O)cc1)C(=O)N1CCCC(C(=O)O)C1. The first-order valence-electron chi connectivity index (χ1n) is 7.02. The molecule has 1 aromatic carbocycles. The van der Waals surface area contributed by atoms with Crippen LogP contribution in [0.15, 0.2) is 24.3 Å². The Kier molecular flexibility index (Phi) is 4.80. The maximum atomic E-state index is 12.3. The molecule has 0 radical (unpaired) electrons. The van der Waals surface area contributed by atoms with Crippen LogP contribution in [0.4, 0.5) is 0 Å². The van der Waals surface area contributed by atoms with E-state index >= 15 is 0 Å². The summed E-state index contributed by atoms with van der Waals surface area (Å²) in [6.45, 7) is 0.795. The monoisotopic (exact) mass is 292 g/mol. The maximum absolute atomic E-state index is 12.3. The Hall–Kier alpha value is -2.08. The van der Waals surface area contributed by atoms with Gasteiger partial charge in [0.25, 0.3) is 0 Å². The maximum Gasteiger partial charge on any atom is 0.308 e. The Morgan fingerprint density at radius 1 is 1.33 bits per heavy atom. The summed E-state index contributed by atoms with van der Waals surface area (Å²) in [7, 11) is 0. The number of carboxylic acid groups (broad SMARTS) is 1. The highest BCUT2D eigenvalue weighted by atomic mass is 16.4. The van der Waals surface area contributed by atoms with Crippen LogP contribution in [0.25, 0.3) is 0 Å². The molecule has 6 nitrogen and oxygen atoms in total. The van der Waals surface area contributed by atoms with Gasteiger partial charge < -0.3 is 20.8 Å². The van der Waals surface area contributed by atoms with E-state index in [2.05, 4.69) is 0 Å². The molecule has 1 amide bonds. The van der Waals surface area contributed by atoms with Gasteiger partial charge >= 0.3 is 5.97 Å². The molecule has 1 heterocycles. The average molecular weight is 292 g/mol. The Bertz CT molecular complexity index is 515. The molecule has 1 aliphatic rings. The lowest BCUT2D eigenvalue weighted by atomic mass is 9.97. The van der Waals surface area contributed by atoms with Gasteiger partial charge in [0.15, 0.2) is 0 Å². The lowest BCUT2D eigenvalue weighted by Gasteiger charge is -2.32. The van der Waals surface area contributed by atoms with E-state index < -0.39 is 17.9 Å². The van der Waals surface area contributed by atoms with Crippen LogP contribution in [-0.4, -0.2) is 46.1 Å². The van der Waals surface area contributed by atoms with Crippen molar-refractivity contribution >= 4 is 11.9 Å². The van der Waals surface area contributed by atoms with Gasteiger partial charge in [0.05, 0.1) is 12.0 Å². The molecular weight excluding hydrogens is 272 g/mol. The highest BCUT2D eigenvalue weighted by Crippen LogP contribution is 2.18. The largest absolute Gasteiger partial charge is 0.508 e. The number of nitrogens with zero attached hydrogens (tertiary/aromatic N) is 1. The van der Waals surface area contributed by atoms with E-state index in [1.54, 1.807) is 29.2 Å². The van der Waals surface area contributed by atoms with E-state index in [1.165, 1.54) is 0 Å². The van der Waals surface area contributed by atoms with Crippen molar-refractivity contribution < 1.29 is 19.8 Å². The van der Waals surface area contributed by atoms with Crippen molar-refractivity contribution in [2.75, 3.05) is 13.1 Å². The number of benzene rings is 1. The fraction of sp³-hybridized carbons (Fsp3) is 0.467. The van der Waals surface area contributed by atoms with Crippen molar-refractivity contribution in [3.63, 3.8) is 0 Å². The van der Waals surface area contributed by atoms with Gasteiger partial charge in [-0.3, -0.25) is 9.59 Å². The number of carbonyl (C=O) groups excluding carboxylic acids is 1. The number of rotatable bonds is 4. The number of piperidine rings is 1. The van der Waals surface area contributed by atoms with Crippen LogP contribution in [0.5, 0.6) is 5.75 Å². The van der Waals surface area contributed by atoms with Gasteiger partial charge in [-0.25, -0.2) is 0 Å². The molecule has 0 spiro atoms. The lowest BCUT2D eigenvalue weighted by Crippen LogP contribution is -2.49. The molecule has 1 aromatic rings. The Morgan fingerprint density at radius 3 is 2.62 bits per heavy atom. The summed E-state index contributed by atoms with van der Waals surface area (Å²) >= 11 is 0. The number of hydrogen-bond donors (Lipinski definition) is 3. The molecule has 6 heteroatoms. The molecule has 1 fully saturated rings. The number of hydrogen-bond acceptors (Lipinski definition) is 4. The molecule has 1 aliphatic heterocycles. The second-order valence-corrected chi connectivity index (χ2v) is 5.44. The Labute approximate surface area is 123 Å². The quantitative estimate of drug-likeness (QED) is 0.753. The molecule has 0 aromatic heterocycles.